The lowest BCUT2D eigenvalue weighted by Gasteiger charge is -2.14. The molecule has 0 saturated heterocycles. The van der Waals surface area contributed by atoms with Crippen LogP contribution in [0, 0.1) is 0 Å². The number of thioether (sulfide) groups is 1. The van der Waals surface area contributed by atoms with Crippen molar-refractivity contribution in [3.63, 3.8) is 0 Å². The summed E-state index contributed by atoms with van der Waals surface area (Å²) in [4.78, 5) is 33.6. The monoisotopic (exact) mass is 608 g/mol. The number of aryl methyl sites for hydroxylation is 2. The first-order valence-electron chi connectivity index (χ1n) is 13.5. The van der Waals surface area contributed by atoms with Gasteiger partial charge >= 0.3 is 0 Å². The van der Waals surface area contributed by atoms with Gasteiger partial charge in [-0.2, -0.15) is 5.10 Å². The van der Waals surface area contributed by atoms with E-state index >= 15 is 0 Å². The summed E-state index contributed by atoms with van der Waals surface area (Å²) < 4.78 is 23.3. The van der Waals surface area contributed by atoms with E-state index in [1.54, 1.807) is 35.1 Å². The molecule has 4 aromatic rings. The average Bonchev–Trinajstić information content (AvgIpc) is 3.39. The molecule has 2 aromatic carbocycles. The van der Waals surface area contributed by atoms with Crippen molar-refractivity contribution in [1.29, 1.82) is 0 Å². The van der Waals surface area contributed by atoms with Gasteiger partial charge in [-0.3, -0.25) is 14.2 Å². The Kier molecular flexibility index (Phi) is 9.33. The Morgan fingerprint density at radius 2 is 1.79 bits per heavy atom. The van der Waals surface area contributed by atoms with Crippen LogP contribution in [0.1, 0.15) is 35.8 Å². The molecule has 0 bridgehead atoms. The molecule has 0 atom stereocenters. The Hall–Kier alpha value is -4.03. The van der Waals surface area contributed by atoms with Gasteiger partial charge < -0.3 is 18.9 Å². The zero-order chi connectivity index (χ0) is 29.6. The molecule has 42 heavy (non-hydrogen) atoms. The van der Waals surface area contributed by atoms with Crippen LogP contribution in [-0.2, 0) is 17.6 Å². The Bertz CT molecular complexity index is 1660. The van der Waals surface area contributed by atoms with Crippen LogP contribution in [0.5, 0.6) is 23.0 Å². The molecule has 0 radical (unpaired) electrons. The van der Waals surface area contributed by atoms with Crippen molar-refractivity contribution < 1.29 is 23.7 Å². The maximum atomic E-state index is 14.0. The average molecular weight is 609 g/mol. The number of rotatable bonds is 11. The molecular weight excluding hydrogens is 576 g/mol. The topological polar surface area (TPSA) is 113 Å². The number of fused-ring (bicyclic) bond motifs is 3. The number of amides is 1. The molecule has 0 fully saturated rings. The van der Waals surface area contributed by atoms with Crippen molar-refractivity contribution in [2.75, 3.05) is 33.7 Å². The number of ether oxygens (including phenoxy) is 4. The number of thiophene rings is 1. The normalized spacial score (nSPS) is 12.8. The molecule has 1 aliphatic rings. The molecule has 1 N–H and O–H groups in total. The van der Waals surface area contributed by atoms with E-state index in [1.807, 2.05) is 31.2 Å². The fraction of sp³-hybridized carbons (Fsp3) is 0.333. The van der Waals surface area contributed by atoms with E-state index in [1.165, 1.54) is 37.1 Å². The van der Waals surface area contributed by atoms with Crippen molar-refractivity contribution in [3.05, 3.63) is 62.8 Å². The van der Waals surface area contributed by atoms with Gasteiger partial charge in [-0.15, -0.1) is 11.3 Å². The van der Waals surface area contributed by atoms with E-state index in [0.717, 1.165) is 31.2 Å². The van der Waals surface area contributed by atoms with Gasteiger partial charge in [-0.05, 0) is 62.4 Å². The zero-order valence-corrected chi connectivity index (χ0v) is 25.5. The SMILES string of the molecule is CCOc1ccc(-n2c(SCC(=O)NN=Cc3c(OC)cc(OC)cc3OC)nc3sc4c(c3c2=O)CCCC4)cc1. The number of hydrogen-bond acceptors (Lipinski definition) is 10. The molecule has 2 aromatic heterocycles. The van der Waals surface area contributed by atoms with Crippen molar-refractivity contribution in [1.82, 2.24) is 15.0 Å². The smallest absolute Gasteiger partial charge is 0.267 e. The number of methoxy groups -OCH3 is 3. The fourth-order valence-electron chi connectivity index (χ4n) is 4.86. The Labute approximate surface area is 251 Å². The lowest BCUT2D eigenvalue weighted by Crippen LogP contribution is -2.24. The highest BCUT2D eigenvalue weighted by molar-refractivity contribution is 7.99. The minimum absolute atomic E-state index is 0.00567. The minimum Gasteiger partial charge on any atom is -0.496 e. The van der Waals surface area contributed by atoms with Crippen LogP contribution in [0.3, 0.4) is 0 Å². The van der Waals surface area contributed by atoms with Gasteiger partial charge in [-0.25, -0.2) is 10.4 Å². The van der Waals surface area contributed by atoms with E-state index < -0.39 is 0 Å². The van der Waals surface area contributed by atoms with Crippen LogP contribution in [-0.4, -0.2) is 55.4 Å². The Morgan fingerprint density at radius 3 is 2.45 bits per heavy atom. The molecule has 0 saturated carbocycles. The number of hydrogen-bond donors (Lipinski definition) is 1. The predicted octanol–water partition coefficient (Wildman–Crippen LogP) is 4.99. The van der Waals surface area contributed by atoms with Crippen molar-refractivity contribution >= 4 is 45.4 Å². The van der Waals surface area contributed by atoms with Crippen LogP contribution >= 0.6 is 23.1 Å². The molecule has 1 aliphatic carbocycles. The van der Waals surface area contributed by atoms with Gasteiger partial charge in [0.05, 0.1) is 56.5 Å². The third-order valence-electron chi connectivity index (χ3n) is 6.83. The molecule has 0 spiro atoms. The number of benzene rings is 2. The van der Waals surface area contributed by atoms with E-state index in [9.17, 15) is 9.59 Å². The van der Waals surface area contributed by atoms with Gasteiger partial charge in [0.15, 0.2) is 5.16 Å². The van der Waals surface area contributed by atoms with E-state index in [0.29, 0.717) is 56.2 Å². The summed E-state index contributed by atoms with van der Waals surface area (Å²) in [5.41, 5.74) is 4.75. The van der Waals surface area contributed by atoms with Crippen LogP contribution in [0.2, 0.25) is 0 Å². The standard InChI is InChI=1S/C30H32N4O6S2/c1-5-40-19-12-10-18(11-13-19)34-29(36)27-21-8-6-7-9-25(21)42-28(27)32-30(34)41-17-26(35)33-31-16-22-23(38-3)14-20(37-2)15-24(22)39-4/h10-16H,5-9,17H2,1-4H3,(H,33,35). The van der Waals surface area contributed by atoms with E-state index in [2.05, 4.69) is 10.5 Å². The molecule has 5 rings (SSSR count). The lowest BCUT2D eigenvalue weighted by atomic mass is 9.97. The summed E-state index contributed by atoms with van der Waals surface area (Å²) in [6, 6.07) is 10.7. The second kappa shape index (κ2) is 13.3. The Morgan fingerprint density at radius 1 is 1.07 bits per heavy atom. The van der Waals surface area contributed by atoms with Gasteiger partial charge in [0, 0.05) is 17.0 Å². The van der Waals surface area contributed by atoms with Gasteiger partial charge in [-0.1, -0.05) is 11.8 Å². The fourth-order valence-corrected chi connectivity index (χ4v) is 6.97. The Balaban J connectivity index is 1.41. The maximum absolute atomic E-state index is 14.0. The molecule has 1 amide bonds. The van der Waals surface area contributed by atoms with Crippen LogP contribution in [0.25, 0.3) is 15.9 Å². The molecule has 0 aliphatic heterocycles. The number of aromatic nitrogens is 2. The minimum atomic E-state index is -0.360. The van der Waals surface area contributed by atoms with E-state index in [-0.39, 0.29) is 17.2 Å². The summed E-state index contributed by atoms with van der Waals surface area (Å²) in [6.45, 7) is 2.47. The summed E-state index contributed by atoms with van der Waals surface area (Å²) in [6.07, 6.45) is 5.48. The van der Waals surface area contributed by atoms with E-state index in [4.69, 9.17) is 23.9 Å². The molecule has 10 nitrogen and oxygen atoms in total. The first-order valence-corrected chi connectivity index (χ1v) is 15.3. The maximum Gasteiger partial charge on any atom is 0.267 e. The number of hydrazone groups is 1. The number of nitrogens with zero attached hydrogens (tertiary/aromatic N) is 3. The first kappa shape index (κ1) is 29.5. The lowest BCUT2D eigenvalue weighted by molar-refractivity contribution is -0.118. The highest BCUT2D eigenvalue weighted by Crippen LogP contribution is 2.36. The van der Waals surface area contributed by atoms with Crippen molar-refractivity contribution in [3.8, 4) is 28.7 Å². The van der Waals surface area contributed by atoms with Gasteiger partial charge in [0.25, 0.3) is 11.5 Å². The van der Waals surface area contributed by atoms with Crippen LogP contribution < -0.4 is 29.9 Å². The third kappa shape index (κ3) is 6.09. The zero-order valence-electron chi connectivity index (χ0n) is 23.9. The van der Waals surface area contributed by atoms with Gasteiger partial charge in [0.2, 0.25) is 0 Å². The second-order valence-corrected chi connectivity index (χ2v) is 11.4. The summed E-state index contributed by atoms with van der Waals surface area (Å²) in [7, 11) is 4.60. The summed E-state index contributed by atoms with van der Waals surface area (Å²) >= 11 is 2.76. The van der Waals surface area contributed by atoms with Crippen LogP contribution in [0.4, 0.5) is 0 Å². The first-order chi connectivity index (χ1) is 20.5. The molecule has 12 heteroatoms. The molecule has 220 valence electrons. The molecular formula is C30H32N4O6S2. The van der Waals surface area contributed by atoms with Gasteiger partial charge in [0.1, 0.15) is 27.8 Å². The predicted molar refractivity (Wildman–Crippen MR) is 166 cm³/mol. The number of carbonyl (C=O) groups is 1. The molecule has 0 unspecified atom stereocenters. The summed E-state index contributed by atoms with van der Waals surface area (Å²) in [5, 5.41) is 5.23. The quantitative estimate of drug-likeness (QED) is 0.110. The number of nitrogens with one attached hydrogen (secondary N) is 1. The largest absolute Gasteiger partial charge is 0.496 e. The second-order valence-electron chi connectivity index (χ2n) is 9.38. The van der Waals surface area contributed by atoms with Crippen molar-refractivity contribution in [2.45, 2.75) is 37.8 Å². The van der Waals surface area contributed by atoms with Crippen LogP contribution in [0.15, 0.2) is 51.5 Å². The highest BCUT2D eigenvalue weighted by Gasteiger charge is 2.23. The third-order valence-corrected chi connectivity index (χ3v) is 8.96. The summed E-state index contributed by atoms with van der Waals surface area (Å²) in [5.74, 6) is 1.88. The molecule has 2 heterocycles. The highest BCUT2D eigenvalue weighted by atomic mass is 32.2. The van der Waals surface area contributed by atoms with Crippen molar-refractivity contribution in [2.24, 2.45) is 5.10 Å². The number of carbonyl (C=O) groups excluding carboxylic acids is 1.